The Morgan fingerprint density at radius 1 is 0.610 bits per heavy atom. The molecule has 0 aromatic heterocycles. The number of benzene rings is 2. The molecular weight excluding hydrogens is 1000 g/mol. The summed E-state index contributed by atoms with van der Waals surface area (Å²) in [5.74, 6) is -9.11. The summed E-state index contributed by atoms with van der Waals surface area (Å²) in [5, 5.41) is 39.6. The number of carboxylic acid groups (broad SMARTS) is 1. The number of likely N-dealkylation sites (tertiary alicyclic amines) is 1. The molecule has 0 spiro atoms. The fourth-order valence-electron chi connectivity index (χ4n) is 8.23. The molecule has 25 nitrogen and oxygen atoms in total. The van der Waals surface area contributed by atoms with Crippen molar-refractivity contribution in [2.24, 2.45) is 23.1 Å². The van der Waals surface area contributed by atoms with Gasteiger partial charge in [-0.1, -0.05) is 62.7 Å². The summed E-state index contributed by atoms with van der Waals surface area (Å²) in [5.41, 5.74) is 18.0. The van der Waals surface area contributed by atoms with E-state index in [4.69, 9.17) is 22.3 Å². The van der Waals surface area contributed by atoms with Gasteiger partial charge < -0.3 is 74.8 Å². The predicted molar refractivity (Wildman–Crippen MR) is 281 cm³/mol. The maximum absolute atomic E-state index is 14.0. The molecule has 77 heavy (non-hydrogen) atoms. The third kappa shape index (κ3) is 20.8. The molecule has 1 heterocycles. The lowest BCUT2D eigenvalue weighted by Gasteiger charge is -2.30. The van der Waals surface area contributed by atoms with E-state index in [1.165, 1.54) is 56.9 Å². The topological polar surface area (TPSA) is 406 Å². The van der Waals surface area contributed by atoms with Crippen LogP contribution in [0.3, 0.4) is 0 Å². The van der Waals surface area contributed by atoms with E-state index in [0.29, 0.717) is 43.4 Å². The summed E-state index contributed by atoms with van der Waals surface area (Å²) in [7, 11) is 0. The van der Waals surface area contributed by atoms with Crippen molar-refractivity contribution in [2.45, 2.75) is 166 Å². The Labute approximate surface area is 448 Å². The standard InChI is InChI=1S/C52H78N12O13/c1-7-28(2)42(63-46(71)31(5)56-47(72)36(54)22-23-41(66)67)51(76)62-39(27-34-18-20-35(65)21-19-34)49(74)57-29(3)44(69)59-32(6)52(77)64-25-13-17-40(64)50(75)61-38(26-33-14-9-8-10-15-33)48(73)58-30(4)45(70)60-37(43(55)68)16-11-12-24-53/h8-10,14-15,18-21,28-32,36-40,42,65H,7,11-13,16-17,22-27,53-54H2,1-6H3,(H2,55,68)(H,56,72)(H,57,74)(H,58,73)(H,59,69)(H,60,70)(H,61,75)(H,62,76)(H,63,71)(H,66,67)/t28-,29-,30-,31-,32-,36-,37-,38-,39-,40-,42-/m0/s1. The van der Waals surface area contributed by atoms with E-state index in [2.05, 4.69) is 42.5 Å². The molecule has 0 unspecified atom stereocenters. The molecule has 1 saturated heterocycles. The molecule has 0 bridgehead atoms. The molecule has 424 valence electrons. The highest BCUT2D eigenvalue weighted by atomic mass is 16.4. The number of nitrogens with two attached hydrogens (primary N) is 3. The van der Waals surface area contributed by atoms with Crippen molar-refractivity contribution in [3.05, 3.63) is 65.7 Å². The number of hydrogen-bond donors (Lipinski definition) is 13. The minimum atomic E-state index is -1.36. The van der Waals surface area contributed by atoms with E-state index in [-0.39, 0.29) is 50.8 Å². The normalized spacial score (nSPS) is 16.9. The van der Waals surface area contributed by atoms with E-state index >= 15 is 0 Å². The predicted octanol–water partition coefficient (Wildman–Crippen LogP) is -2.02. The average Bonchev–Trinajstić information content (AvgIpc) is 3.89. The molecule has 10 amide bonds. The smallest absolute Gasteiger partial charge is 0.303 e. The molecule has 3 rings (SSSR count). The first-order chi connectivity index (χ1) is 36.4. The number of phenolic OH excluding ortho intramolecular Hbond substituents is 1. The lowest BCUT2D eigenvalue weighted by Crippen LogP contribution is -2.60. The van der Waals surface area contributed by atoms with Gasteiger partial charge in [0.25, 0.3) is 0 Å². The quantitative estimate of drug-likeness (QED) is 0.0363. The number of amides is 10. The number of aromatic hydroxyl groups is 1. The van der Waals surface area contributed by atoms with E-state index in [9.17, 15) is 57.8 Å². The van der Waals surface area contributed by atoms with Crippen LogP contribution in [-0.2, 0) is 65.6 Å². The first-order valence-corrected chi connectivity index (χ1v) is 25.9. The number of rotatable bonds is 31. The molecule has 0 radical (unpaired) electrons. The summed E-state index contributed by atoms with van der Waals surface area (Å²) in [6.07, 6.45) is 1.72. The largest absolute Gasteiger partial charge is 0.508 e. The van der Waals surface area contributed by atoms with Crippen molar-refractivity contribution in [1.82, 2.24) is 47.4 Å². The van der Waals surface area contributed by atoms with Gasteiger partial charge >= 0.3 is 5.97 Å². The summed E-state index contributed by atoms with van der Waals surface area (Å²) in [4.78, 5) is 147. The number of aliphatic carboxylic acids is 1. The third-order valence-electron chi connectivity index (χ3n) is 13.2. The first kappa shape index (κ1) is 63.6. The van der Waals surface area contributed by atoms with Gasteiger partial charge in [-0.2, -0.15) is 0 Å². The van der Waals surface area contributed by atoms with E-state index in [1.807, 2.05) is 0 Å². The number of carbonyl (C=O) groups is 11. The van der Waals surface area contributed by atoms with Crippen LogP contribution in [-0.4, -0.2) is 154 Å². The second kappa shape index (κ2) is 31.4. The number of unbranched alkanes of at least 4 members (excludes halogenated alkanes) is 1. The van der Waals surface area contributed by atoms with E-state index in [1.54, 1.807) is 44.2 Å². The van der Waals surface area contributed by atoms with Gasteiger partial charge in [-0.05, 0) is 102 Å². The Morgan fingerprint density at radius 3 is 1.66 bits per heavy atom. The van der Waals surface area contributed by atoms with Crippen LogP contribution in [0.25, 0.3) is 0 Å². The second-order valence-electron chi connectivity index (χ2n) is 19.5. The molecule has 1 aliphatic heterocycles. The van der Waals surface area contributed by atoms with E-state index < -0.39 is 131 Å². The van der Waals surface area contributed by atoms with Crippen LogP contribution in [0.15, 0.2) is 54.6 Å². The van der Waals surface area contributed by atoms with Gasteiger partial charge in [0.2, 0.25) is 59.1 Å². The van der Waals surface area contributed by atoms with Gasteiger partial charge in [0.05, 0.1) is 6.04 Å². The molecule has 0 aliphatic carbocycles. The Balaban J connectivity index is 1.72. The van der Waals surface area contributed by atoms with Crippen molar-refractivity contribution in [2.75, 3.05) is 13.1 Å². The first-order valence-electron chi connectivity index (χ1n) is 25.9. The maximum Gasteiger partial charge on any atom is 0.303 e. The zero-order chi connectivity index (χ0) is 57.5. The summed E-state index contributed by atoms with van der Waals surface area (Å²) < 4.78 is 0. The zero-order valence-corrected chi connectivity index (χ0v) is 44.6. The number of nitrogens with one attached hydrogen (secondary N) is 8. The van der Waals surface area contributed by atoms with Crippen molar-refractivity contribution in [3.63, 3.8) is 0 Å². The van der Waals surface area contributed by atoms with Gasteiger partial charge in [-0.15, -0.1) is 0 Å². The lowest BCUT2D eigenvalue weighted by molar-refractivity contribution is -0.142. The summed E-state index contributed by atoms with van der Waals surface area (Å²) in [6.45, 7) is 9.49. The Hall–Kier alpha value is -7.67. The number of carboxylic acids is 1. The van der Waals surface area contributed by atoms with E-state index in [0.717, 1.165) is 0 Å². The molecule has 1 aliphatic rings. The number of hydrogen-bond acceptors (Lipinski definition) is 14. The summed E-state index contributed by atoms with van der Waals surface area (Å²) >= 11 is 0. The van der Waals surface area contributed by atoms with Crippen molar-refractivity contribution in [3.8, 4) is 5.75 Å². The number of primary amides is 1. The highest BCUT2D eigenvalue weighted by molar-refractivity contribution is 5.98. The minimum absolute atomic E-state index is 0.0109. The maximum atomic E-state index is 14.0. The molecule has 2 aromatic rings. The molecule has 1 fully saturated rings. The fourth-order valence-corrected chi connectivity index (χ4v) is 8.23. The molecule has 11 atom stereocenters. The fraction of sp³-hybridized carbons (Fsp3) is 0.558. The highest BCUT2D eigenvalue weighted by Gasteiger charge is 2.39. The van der Waals surface area contributed by atoms with Crippen LogP contribution >= 0.6 is 0 Å². The zero-order valence-electron chi connectivity index (χ0n) is 44.6. The third-order valence-corrected chi connectivity index (χ3v) is 13.2. The number of nitrogens with zero attached hydrogens (tertiary/aromatic N) is 1. The van der Waals surface area contributed by atoms with Gasteiger partial charge in [-0.25, -0.2) is 0 Å². The van der Waals surface area contributed by atoms with Crippen LogP contribution in [0.1, 0.15) is 104 Å². The molecule has 2 aromatic carbocycles. The highest BCUT2D eigenvalue weighted by Crippen LogP contribution is 2.20. The van der Waals surface area contributed by atoms with Crippen LogP contribution in [0, 0.1) is 5.92 Å². The Bertz CT molecular complexity index is 2380. The van der Waals surface area contributed by atoms with Crippen LogP contribution in [0.5, 0.6) is 5.75 Å². The number of carbonyl (C=O) groups excluding carboxylic acids is 10. The summed E-state index contributed by atoms with van der Waals surface area (Å²) in [6, 6.07) is 2.62. The van der Waals surface area contributed by atoms with Crippen molar-refractivity contribution < 1.29 is 63.0 Å². The Morgan fingerprint density at radius 2 is 1.12 bits per heavy atom. The molecular formula is C52H78N12O13. The van der Waals surface area contributed by atoms with Gasteiger partial charge in [0, 0.05) is 25.8 Å². The monoisotopic (exact) mass is 1080 g/mol. The lowest BCUT2D eigenvalue weighted by atomic mass is 9.96. The number of phenols is 1. The van der Waals surface area contributed by atoms with Crippen LogP contribution in [0.2, 0.25) is 0 Å². The van der Waals surface area contributed by atoms with Gasteiger partial charge in [0.15, 0.2) is 0 Å². The average molecular weight is 1080 g/mol. The molecule has 25 heteroatoms. The van der Waals surface area contributed by atoms with Crippen molar-refractivity contribution in [1.29, 1.82) is 0 Å². The molecule has 16 N–H and O–H groups in total. The van der Waals surface area contributed by atoms with Crippen LogP contribution in [0.4, 0.5) is 0 Å². The van der Waals surface area contributed by atoms with Crippen LogP contribution < -0.4 is 59.7 Å². The van der Waals surface area contributed by atoms with Gasteiger partial charge in [0.1, 0.15) is 60.1 Å². The minimum Gasteiger partial charge on any atom is -0.508 e. The van der Waals surface area contributed by atoms with Crippen molar-refractivity contribution >= 4 is 65.0 Å². The molecule has 0 saturated carbocycles. The van der Waals surface area contributed by atoms with Gasteiger partial charge in [-0.3, -0.25) is 52.7 Å². The SMILES string of the molecule is CC[C@H](C)[C@H](NC(=O)[C@H](C)NC(=O)[C@@H](N)CCC(=O)O)C(=O)N[C@@H](Cc1ccc(O)cc1)C(=O)N[C@@H](C)C(=O)N[C@@H](C)C(=O)N1CCC[C@H]1C(=O)N[C@@H](Cc1ccccc1)C(=O)N[C@@H](C)C(=O)N[C@@H](CCCCN)C(N)=O. The Kier molecular flexibility index (Phi) is 25.9. The second-order valence-corrected chi connectivity index (χ2v) is 19.5.